The third-order valence-corrected chi connectivity index (χ3v) is 4.59. The van der Waals surface area contributed by atoms with E-state index in [9.17, 15) is 19.7 Å². The van der Waals surface area contributed by atoms with Crippen LogP contribution in [0.5, 0.6) is 0 Å². The number of piperidine rings is 1. The number of carbonyl (C=O) groups excluding carboxylic acids is 1. The monoisotopic (exact) mass is 349 g/mol. The van der Waals surface area contributed by atoms with Gasteiger partial charge in [0.05, 0.1) is 11.5 Å². The molecule has 0 atom stereocenters. The normalized spacial score (nSPS) is 15.4. The summed E-state index contributed by atoms with van der Waals surface area (Å²) >= 11 is 0. The van der Waals surface area contributed by atoms with Gasteiger partial charge in [-0.2, -0.15) is 0 Å². The molecule has 0 spiro atoms. The van der Waals surface area contributed by atoms with E-state index in [0.29, 0.717) is 32.5 Å². The highest BCUT2D eigenvalue weighted by molar-refractivity contribution is 5.98. The number of likely N-dealkylation sites (N-methyl/N-ethyl adjacent to an activating group) is 1. The second-order valence-electron chi connectivity index (χ2n) is 6.26. The fourth-order valence-electron chi connectivity index (χ4n) is 3.26. The van der Waals surface area contributed by atoms with Crippen molar-refractivity contribution in [2.75, 3.05) is 26.2 Å². The molecule has 0 aromatic heterocycles. The van der Waals surface area contributed by atoms with E-state index in [1.54, 1.807) is 24.0 Å². The predicted molar refractivity (Wildman–Crippen MR) is 91.6 cm³/mol. The molecule has 0 unspecified atom stereocenters. The Morgan fingerprint density at radius 3 is 2.52 bits per heavy atom. The maximum atomic E-state index is 12.7. The molecule has 0 aliphatic carbocycles. The first-order valence-corrected chi connectivity index (χ1v) is 8.33. The van der Waals surface area contributed by atoms with Crippen molar-refractivity contribution in [1.29, 1.82) is 0 Å². The van der Waals surface area contributed by atoms with E-state index < -0.39 is 10.9 Å². The van der Waals surface area contributed by atoms with Crippen molar-refractivity contribution in [2.45, 2.75) is 32.7 Å². The molecule has 8 nitrogen and oxygen atoms in total. The quantitative estimate of drug-likeness (QED) is 0.621. The van der Waals surface area contributed by atoms with Crippen molar-refractivity contribution >= 4 is 17.6 Å². The fraction of sp³-hybridized carbons (Fsp3) is 0.529. The van der Waals surface area contributed by atoms with E-state index in [4.69, 9.17) is 5.11 Å². The SMILES string of the molecule is CCN(CC(=O)O)C1CCN(C(=O)c2cc(C)ccc2[N+](=O)[O-])CC1. The zero-order chi connectivity index (χ0) is 18.6. The second-order valence-corrected chi connectivity index (χ2v) is 6.26. The minimum atomic E-state index is -0.865. The molecule has 1 aromatic carbocycles. The number of nitro groups is 1. The van der Waals surface area contributed by atoms with Crippen LogP contribution >= 0.6 is 0 Å². The van der Waals surface area contributed by atoms with E-state index in [-0.39, 0.29) is 29.7 Å². The maximum Gasteiger partial charge on any atom is 0.317 e. The summed E-state index contributed by atoms with van der Waals surface area (Å²) in [5.74, 6) is -1.20. The summed E-state index contributed by atoms with van der Waals surface area (Å²) in [4.78, 5) is 37.8. The lowest BCUT2D eigenvalue weighted by molar-refractivity contribution is -0.385. The zero-order valence-corrected chi connectivity index (χ0v) is 14.5. The second kappa shape index (κ2) is 8.06. The van der Waals surface area contributed by atoms with Gasteiger partial charge in [0.2, 0.25) is 0 Å². The molecule has 8 heteroatoms. The number of benzene rings is 1. The van der Waals surface area contributed by atoms with E-state index in [0.717, 1.165) is 5.56 Å². The van der Waals surface area contributed by atoms with Gasteiger partial charge < -0.3 is 10.0 Å². The molecule has 2 rings (SSSR count). The van der Waals surface area contributed by atoms with Gasteiger partial charge in [-0.3, -0.25) is 24.6 Å². The highest BCUT2D eigenvalue weighted by atomic mass is 16.6. The summed E-state index contributed by atoms with van der Waals surface area (Å²) < 4.78 is 0. The van der Waals surface area contributed by atoms with Crippen molar-refractivity contribution in [3.05, 3.63) is 39.4 Å². The zero-order valence-electron chi connectivity index (χ0n) is 14.5. The summed E-state index contributed by atoms with van der Waals surface area (Å²) in [6.45, 7) is 5.25. The lowest BCUT2D eigenvalue weighted by Gasteiger charge is -2.37. The average Bonchev–Trinajstić information content (AvgIpc) is 2.58. The molecular weight excluding hydrogens is 326 g/mol. The van der Waals surface area contributed by atoms with Gasteiger partial charge in [-0.05, 0) is 37.9 Å². The van der Waals surface area contributed by atoms with Crippen molar-refractivity contribution in [3.8, 4) is 0 Å². The largest absolute Gasteiger partial charge is 0.480 e. The Bertz CT molecular complexity index is 668. The van der Waals surface area contributed by atoms with Gasteiger partial charge in [0.25, 0.3) is 11.6 Å². The van der Waals surface area contributed by atoms with E-state index in [2.05, 4.69) is 0 Å². The van der Waals surface area contributed by atoms with Crippen LogP contribution in [0.3, 0.4) is 0 Å². The minimum absolute atomic E-state index is 0.0154. The van der Waals surface area contributed by atoms with Crippen molar-refractivity contribution in [3.63, 3.8) is 0 Å². The Balaban J connectivity index is 2.08. The van der Waals surface area contributed by atoms with Crippen LogP contribution in [0.4, 0.5) is 5.69 Å². The highest BCUT2D eigenvalue weighted by Gasteiger charge is 2.30. The van der Waals surface area contributed by atoms with Crippen LogP contribution in [0, 0.1) is 17.0 Å². The van der Waals surface area contributed by atoms with Crippen LogP contribution in [0.1, 0.15) is 35.7 Å². The maximum absolute atomic E-state index is 12.7. The number of carbonyl (C=O) groups is 2. The predicted octanol–water partition coefficient (Wildman–Crippen LogP) is 1.91. The third kappa shape index (κ3) is 4.54. The molecular formula is C17H23N3O5. The summed E-state index contributed by atoms with van der Waals surface area (Å²) in [5, 5.41) is 20.1. The van der Waals surface area contributed by atoms with Gasteiger partial charge in [-0.25, -0.2) is 0 Å². The molecule has 1 saturated heterocycles. The summed E-state index contributed by atoms with van der Waals surface area (Å²) in [5.41, 5.74) is 0.725. The van der Waals surface area contributed by atoms with Crippen LogP contribution in [0.15, 0.2) is 18.2 Å². The molecule has 136 valence electrons. The number of hydrogen-bond acceptors (Lipinski definition) is 5. The fourth-order valence-corrected chi connectivity index (χ4v) is 3.26. The van der Waals surface area contributed by atoms with Gasteiger partial charge in [-0.1, -0.05) is 13.0 Å². The summed E-state index contributed by atoms with van der Waals surface area (Å²) in [6.07, 6.45) is 1.32. The van der Waals surface area contributed by atoms with Crippen molar-refractivity contribution in [1.82, 2.24) is 9.80 Å². The molecule has 0 saturated carbocycles. The Labute approximate surface area is 146 Å². The number of amides is 1. The Kier molecular flexibility index (Phi) is 6.08. The van der Waals surface area contributed by atoms with Crippen LogP contribution in [-0.2, 0) is 4.79 Å². The van der Waals surface area contributed by atoms with Gasteiger partial charge in [0.1, 0.15) is 5.56 Å². The Morgan fingerprint density at radius 2 is 2.00 bits per heavy atom. The molecule has 25 heavy (non-hydrogen) atoms. The summed E-state index contributed by atoms with van der Waals surface area (Å²) in [7, 11) is 0. The molecule has 1 aromatic rings. The Morgan fingerprint density at radius 1 is 1.36 bits per heavy atom. The molecule has 1 amide bonds. The first-order valence-electron chi connectivity index (χ1n) is 8.33. The van der Waals surface area contributed by atoms with E-state index in [1.807, 2.05) is 11.8 Å². The van der Waals surface area contributed by atoms with Crippen LogP contribution in [0.2, 0.25) is 0 Å². The molecule has 1 heterocycles. The van der Waals surface area contributed by atoms with Crippen molar-refractivity contribution < 1.29 is 19.6 Å². The smallest absolute Gasteiger partial charge is 0.317 e. The number of carboxylic acids is 1. The number of carboxylic acid groups (broad SMARTS) is 1. The van der Waals surface area contributed by atoms with E-state index >= 15 is 0 Å². The first-order chi connectivity index (χ1) is 11.8. The van der Waals surface area contributed by atoms with Gasteiger partial charge in [0.15, 0.2) is 0 Å². The summed E-state index contributed by atoms with van der Waals surface area (Å²) in [6, 6.07) is 4.64. The average molecular weight is 349 g/mol. The number of aliphatic carboxylic acids is 1. The van der Waals surface area contributed by atoms with Crippen LogP contribution < -0.4 is 0 Å². The first kappa shape index (κ1) is 18.9. The molecule has 0 radical (unpaired) electrons. The lowest BCUT2D eigenvalue weighted by atomic mass is 10.0. The topological polar surface area (TPSA) is 104 Å². The van der Waals surface area contributed by atoms with Gasteiger partial charge >= 0.3 is 5.97 Å². The van der Waals surface area contributed by atoms with Crippen LogP contribution in [-0.4, -0.2) is 63.9 Å². The van der Waals surface area contributed by atoms with Crippen molar-refractivity contribution in [2.24, 2.45) is 0 Å². The molecule has 1 aliphatic rings. The van der Waals surface area contributed by atoms with Gasteiger partial charge in [-0.15, -0.1) is 0 Å². The van der Waals surface area contributed by atoms with Gasteiger partial charge in [0, 0.05) is 25.2 Å². The van der Waals surface area contributed by atoms with Crippen LogP contribution in [0.25, 0.3) is 0 Å². The molecule has 0 bridgehead atoms. The Hall–Kier alpha value is -2.48. The number of likely N-dealkylation sites (tertiary alicyclic amines) is 1. The molecule has 1 aliphatic heterocycles. The molecule has 1 N–H and O–H groups in total. The minimum Gasteiger partial charge on any atom is -0.480 e. The highest BCUT2D eigenvalue weighted by Crippen LogP contribution is 2.24. The lowest BCUT2D eigenvalue weighted by Crippen LogP contribution is -2.48. The number of rotatable bonds is 6. The number of nitro benzene ring substituents is 1. The number of hydrogen-bond donors (Lipinski definition) is 1. The van der Waals surface area contributed by atoms with E-state index in [1.165, 1.54) is 6.07 Å². The third-order valence-electron chi connectivity index (χ3n) is 4.59. The molecule has 1 fully saturated rings. The number of nitrogens with zero attached hydrogens (tertiary/aromatic N) is 3. The number of aryl methyl sites for hydroxylation is 1. The standard InChI is InChI=1S/C17H23N3O5/c1-3-18(11-16(21)22)13-6-8-19(9-7-13)17(23)14-10-12(2)4-5-15(14)20(24)25/h4-5,10,13H,3,6-9,11H2,1-2H3,(H,21,22).